The number of benzene rings is 2. The normalized spacial score (nSPS) is 12.2. The molecule has 1 atom stereocenters. The molecule has 0 aliphatic carbocycles. The number of nitrogens with zero attached hydrogens (tertiary/aromatic N) is 4. The van der Waals surface area contributed by atoms with Crippen molar-refractivity contribution >= 4 is 29.1 Å². The van der Waals surface area contributed by atoms with E-state index in [1.807, 2.05) is 39.0 Å². The Morgan fingerprint density at radius 2 is 1.76 bits per heavy atom. The van der Waals surface area contributed by atoms with Crippen LogP contribution < -0.4 is 0 Å². The molecule has 1 aromatic heterocycles. The van der Waals surface area contributed by atoms with Gasteiger partial charge < -0.3 is 0 Å². The van der Waals surface area contributed by atoms with E-state index in [1.165, 1.54) is 11.8 Å². The Balaban J connectivity index is 1.86. The maximum atomic E-state index is 12.6. The van der Waals surface area contributed by atoms with Gasteiger partial charge in [0, 0.05) is 10.6 Å². The van der Waals surface area contributed by atoms with E-state index in [2.05, 4.69) is 15.5 Å². The summed E-state index contributed by atoms with van der Waals surface area (Å²) in [6, 6.07) is 12.9. The molecular weight excluding hydrogens is 356 g/mol. The highest BCUT2D eigenvalue weighted by atomic mass is 35.5. The van der Waals surface area contributed by atoms with Crippen molar-refractivity contribution in [1.82, 2.24) is 20.2 Å². The fraction of sp³-hybridized carbons (Fsp3) is 0.222. The molecule has 1 heterocycles. The van der Waals surface area contributed by atoms with E-state index in [-0.39, 0.29) is 11.0 Å². The molecule has 0 radical (unpaired) electrons. The highest BCUT2D eigenvalue weighted by Crippen LogP contribution is 2.28. The van der Waals surface area contributed by atoms with Crippen molar-refractivity contribution in [2.24, 2.45) is 0 Å². The molecule has 7 heteroatoms. The summed E-state index contributed by atoms with van der Waals surface area (Å²) >= 11 is 7.22. The molecule has 0 saturated carbocycles. The number of hydrogen-bond acceptors (Lipinski definition) is 5. The first-order valence-corrected chi connectivity index (χ1v) is 9.04. The molecule has 5 nitrogen and oxygen atoms in total. The number of rotatable bonds is 5. The molecule has 0 bridgehead atoms. The zero-order chi connectivity index (χ0) is 18.0. The zero-order valence-corrected chi connectivity index (χ0v) is 15.7. The lowest BCUT2D eigenvalue weighted by atomic mass is 10.1. The number of hydrogen-bond donors (Lipinski definition) is 0. The van der Waals surface area contributed by atoms with Crippen LogP contribution in [0, 0.1) is 13.8 Å². The third-order valence-electron chi connectivity index (χ3n) is 3.87. The van der Waals surface area contributed by atoms with Crippen LogP contribution in [0.5, 0.6) is 0 Å². The Bertz CT molecular complexity index is 887. The summed E-state index contributed by atoms with van der Waals surface area (Å²) in [7, 11) is 0. The lowest BCUT2D eigenvalue weighted by molar-refractivity contribution is 0.0994. The third kappa shape index (κ3) is 3.75. The summed E-state index contributed by atoms with van der Waals surface area (Å²) < 4.78 is 1.70. The van der Waals surface area contributed by atoms with Gasteiger partial charge in [0.05, 0.1) is 10.9 Å². The van der Waals surface area contributed by atoms with Gasteiger partial charge in [0.15, 0.2) is 5.78 Å². The van der Waals surface area contributed by atoms with Gasteiger partial charge in [-0.2, -0.15) is 4.68 Å². The maximum Gasteiger partial charge on any atom is 0.214 e. The second kappa shape index (κ2) is 7.37. The molecule has 25 heavy (non-hydrogen) atoms. The number of halogens is 1. The van der Waals surface area contributed by atoms with Crippen LogP contribution >= 0.6 is 23.4 Å². The highest BCUT2D eigenvalue weighted by molar-refractivity contribution is 8.00. The third-order valence-corrected chi connectivity index (χ3v) is 5.16. The Labute approximate surface area is 155 Å². The van der Waals surface area contributed by atoms with Crippen LogP contribution in [0.2, 0.25) is 5.02 Å². The van der Waals surface area contributed by atoms with E-state index in [1.54, 1.807) is 28.9 Å². The van der Waals surface area contributed by atoms with Gasteiger partial charge in [-0.15, -0.1) is 5.10 Å². The molecular formula is C18H17ClN4OS. The second-order valence-corrected chi connectivity index (χ2v) is 7.49. The molecule has 128 valence electrons. The molecule has 0 spiro atoms. The van der Waals surface area contributed by atoms with Crippen molar-refractivity contribution in [2.75, 3.05) is 0 Å². The van der Waals surface area contributed by atoms with Gasteiger partial charge in [0.25, 0.3) is 0 Å². The topological polar surface area (TPSA) is 60.7 Å². The summed E-state index contributed by atoms with van der Waals surface area (Å²) in [5, 5.41) is 12.9. The van der Waals surface area contributed by atoms with Crippen LogP contribution in [0.15, 0.2) is 47.6 Å². The van der Waals surface area contributed by atoms with Gasteiger partial charge in [-0.3, -0.25) is 4.79 Å². The maximum absolute atomic E-state index is 12.6. The summed E-state index contributed by atoms with van der Waals surface area (Å²) in [5.74, 6) is 0.0118. The quantitative estimate of drug-likeness (QED) is 0.493. The van der Waals surface area contributed by atoms with E-state index in [0.29, 0.717) is 15.7 Å². The minimum atomic E-state index is -0.324. The van der Waals surface area contributed by atoms with Gasteiger partial charge in [0.1, 0.15) is 0 Å². The highest BCUT2D eigenvalue weighted by Gasteiger charge is 2.21. The van der Waals surface area contributed by atoms with Gasteiger partial charge in [-0.05, 0) is 66.6 Å². The zero-order valence-electron chi connectivity index (χ0n) is 14.1. The molecule has 3 rings (SSSR count). The van der Waals surface area contributed by atoms with E-state index >= 15 is 0 Å². The standard InChI is InChI=1S/C18H17ClN4OS/c1-11-5-4-6-12(2)16(11)23-18(20-21-22-23)25-13(3)17(24)14-7-9-15(19)10-8-14/h4-10,13H,1-3H3/t13-/m1/s1. The summed E-state index contributed by atoms with van der Waals surface area (Å²) in [4.78, 5) is 12.6. The van der Waals surface area contributed by atoms with E-state index < -0.39 is 0 Å². The largest absolute Gasteiger partial charge is 0.293 e. The van der Waals surface area contributed by atoms with Crippen molar-refractivity contribution in [2.45, 2.75) is 31.2 Å². The second-order valence-electron chi connectivity index (χ2n) is 5.74. The number of para-hydroxylation sites is 1. The number of carbonyl (C=O) groups is 1. The summed E-state index contributed by atoms with van der Waals surface area (Å²) in [6.45, 7) is 5.88. The average molecular weight is 373 g/mol. The van der Waals surface area contributed by atoms with Gasteiger partial charge in [0.2, 0.25) is 5.16 Å². The molecule has 0 N–H and O–H groups in total. The average Bonchev–Trinajstić information content (AvgIpc) is 3.02. The number of aryl methyl sites for hydroxylation is 2. The minimum Gasteiger partial charge on any atom is -0.293 e. The fourth-order valence-corrected chi connectivity index (χ4v) is 3.59. The van der Waals surface area contributed by atoms with Gasteiger partial charge in [-0.25, -0.2) is 0 Å². The van der Waals surface area contributed by atoms with Crippen LogP contribution in [0.4, 0.5) is 0 Å². The van der Waals surface area contributed by atoms with E-state index in [9.17, 15) is 4.79 Å². The van der Waals surface area contributed by atoms with Crippen molar-refractivity contribution < 1.29 is 4.79 Å². The van der Waals surface area contributed by atoms with Crippen molar-refractivity contribution in [1.29, 1.82) is 0 Å². The van der Waals surface area contributed by atoms with Crippen LogP contribution in [-0.4, -0.2) is 31.2 Å². The predicted octanol–water partition coefficient (Wildman–Crippen LogP) is 4.30. The first kappa shape index (κ1) is 17.6. The smallest absolute Gasteiger partial charge is 0.214 e. The Morgan fingerprint density at radius 3 is 2.40 bits per heavy atom. The van der Waals surface area contributed by atoms with Crippen molar-refractivity contribution in [3.8, 4) is 5.69 Å². The minimum absolute atomic E-state index is 0.0118. The molecule has 3 aromatic rings. The molecule has 0 unspecified atom stereocenters. The number of aromatic nitrogens is 4. The Morgan fingerprint density at radius 1 is 1.12 bits per heavy atom. The van der Waals surface area contributed by atoms with Crippen molar-refractivity contribution in [3.63, 3.8) is 0 Å². The number of thioether (sulfide) groups is 1. The molecule has 0 fully saturated rings. The SMILES string of the molecule is Cc1cccc(C)c1-n1nnnc1S[C@H](C)C(=O)c1ccc(Cl)cc1. The fourth-order valence-electron chi connectivity index (χ4n) is 2.59. The van der Waals surface area contributed by atoms with E-state index in [0.717, 1.165) is 16.8 Å². The Hall–Kier alpha value is -2.18. The first-order valence-electron chi connectivity index (χ1n) is 7.79. The number of tetrazole rings is 1. The first-order chi connectivity index (χ1) is 12.0. The van der Waals surface area contributed by atoms with Gasteiger partial charge >= 0.3 is 0 Å². The number of ketones is 1. The lowest BCUT2D eigenvalue weighted by Gasteiger charge is -2.13. The van der Waals surface area contributed by atoms with Gasteiger partial charge in [-0.1, -0.05) is 41.6 Å². The predicted molar refractivity (Wildman–Crippen MR) is 99.7 cm³/mol. The summed E-state index contributed by atoms with van der Waals surface area (Å²) in [5.41, 5.74) is 3.72. The molecule has 0 aliphatic rings. The van der Waals surface area contributed by atoms with Crippen LogP contribution in [-0.2, 0) is 0 Å². The molecule has 0 saturated heterocycles. The Kier molecular flexibility index (Phi) is 5.20. The summed E-state index contributed by atoms with van der Waals surface area (Å²) in [6.07, 6.45) is 0. The van der Waals surface area contributed by atoms with Crippen LogP contribution in [0.3, 0.4) is 0 Å². The van der Waals surface area contributed by atoms with E-state index in [4.69, 9.17) is 11.6 Å². The van der Waals surface area contributed by atoms with Crippen LogP contribution in [0.25, 0.3) is 5.69 Å². The van der Waals surface area contributed by atoms with Crippen LogP contribution in [0.1, 0.15) is 28.4 Å². The monoisotopic (exact) mass is 372 g/mol. The van der Waals surface area contributed by atoms with Crippen molar-refractivity contribution in [3.05, 3.63) is 64.2 Å². The molecule has 0 aliphatic heterocycles. The lowest BCUT2D eigenvalue weighted by Crippen LogP contribution is -2.15. The number of carbonyl (C=O) groups excluding carboxylic acids is 1. The molecule has 2 aromatic carbocycles. The number of Topliss-reactive ketones (excluding diaryl/α,β-unsaturated/α-hetero) is 1. The molecule has 0 amide bonds.